The van der Waals surface area contributed by atoms with Gasteiger partial charge in [-0.1, -0.05) is 48.5 Å². The van der Waals surface area contributed by atoms with E-state index >= 15 is 0 Å². The van der Waals surface area contributed by atoms with Crippen LogP contribution in [-0.4, -0.2) is 45.5 Å². The lowest BCUT2D eigenvalue weighted by Crippen LogP contribution is -2.46. The minimum Gasteiger partial charge on any atom is -0.480 e. The highest BCUT2D eigenvalue weighted by Gasteiger charge is 2.31. The molecule has 33 heavy (non-hydrogen) atoms. The molecule has 0 bridgehead atoms. The van der Waals surface area contributed by atoms with Crippen LogP contribution in [0, 0.1) is 0 Å². The standard InChI is InChI=1S/C24H24N4O5/c1-14(23(30)31)26-22(29)21(15-11-25-28(2)12-15)27-24(32)33-13-20-18-9-5-3-7-16(18)17-8-4-6-10-19(17)20/h3-12,14,20-21H,13H2,1-2H3,(H,26,29)(H,27,32)(H,30,31)/t14-,21?/m0/s1. The molecule has 0 radical (unpaired) electrons. The van der Waals surface area contributed by atoms with E-state index in [1.54, 1.807) is 13.2 Å². The van der Waals surface area contributed by atoms with Crippen LogP contribution >= 0.6 is 0 Å². The summed E-state index contributed by atoms with van der Waals surface area (Å²) in [4.78, 5) is 36.5. The average Bonchev–Trinajstić information content (AvgIpc) is 3.37. The van der Waals surface area contributed by atoms with Crippen molar-refractivity contribution in [2.75, 3.05) is 6.61 Å². The van der Waals surface area contributed by atoms with Crippen molar-refractivity contribution in [3.05, 3.63) is 77.6 Å². The number of carboxylic acid groups (broad SMARTS) is 1. The molecule has 1 aliphatic rings. The molecule has 170 valence electrons. The summed E-state index contributed by atoms with van der Waals surface area (Å²) in [5, 5.41) is 18.0. The lowest BCUT2D eigenvalue weighted by Gasteiger charge is -2.20. The van der Waals surface area contributed by atoms with Gasteiger partial charge in [-0.15, -0.1) is 0 Å². The van der Waals surface area contributed by atoms with Gasteiger partial charge in [-0.05, 0) is 29.2 Å². The first-order valence-corrected chi connectivity index (χ1v) is 10.5. The van der Waals surface area contributed by atoms with Crippen molar-refractivity contribution >= 4 is 18.0 Å². The molecular formula is C24H24N4O5. The number of amides is 2. The van der Waals surface area contributed by atoms with Crippen LogP contribution in [0.4, 0.5) is 4.79 Å². The number of hydrogen-bond acceptors (Lipinski definition) is 5. The molecule has 1 unspecified atom stereocenters. The third-order valence-corrected chi connectivity index (χ3v) is 5.66. The van der Waals surface area contributed by atoms with Gasteiger partial charge in [0.1, 0.15) is 18.7 Å². The zero-order chi connectivity index (χ0) is 23.5. The highest BCUT2D eigenvalue weighted by atomic mass is 16.5. The maximum absolute atomic E-state index is 12.7. The second-order valence-corrected chi connectivity index (χ2v) is 7.92. The van der Waals surface area contributed by atoms with Crippen molar-refractivity contribution in [3.63, 3.8) is 0 Å². The number of benzene rings is 2. The van der Waals surface area contributed by atoms with Crippen LogP contribution in [0.1, 0.15) is 35.6 Å². The molecule has 4 rings (SSSR count). The molecule has 1 heterocycles. The zero-order valence-electron chi connectivity index (χ0n) is 18.2. The van der Waals surface area contributed by atoms with Gasteiger partial charge in [-0.2, -0.15) is 5.10 Å². The second kappa shape index (κ2) is 9.15. The van der Waals surface area contributed by atoms with E-state index < -0.39 is 30.1 Å². The van der Waals surface area contributed by atoms with E-state index in [1.165, 1.54) is 17.8 Å². The maximum Gasteiger partial charge on any atom is 0.408 e. The van der Waals surface area contributed by atoms with Gasteiger partial charge in [-0.3, -0.25) is 14.3 Å². The molecule has 1 aliphatic carbocycles. The average molecular weight is 448 g/mol. The van der Waals surface area contributed by atoms with Gasteiger partial charge in [0.25, 0.3) is 0 Å². The minimum atomic E-state index is -1.19. The van der Waals surface area contributed by atoms with E-state index in [0.717, 1.165) is 22.3 Å². The Labute approximate surface area is 190 Å². The predicted molar refractivity (Wildman–Crippen MR) is 119 cm³/mol. The molecular weight excluding hydrogens is 424 g/mol. The normalized spacial score (nSPS) is 14.0. The molecule has 0 fully saturated rings. The Morgan fingerprint density at radius 1 is 1.06 bits per heavy atom. The van der Waals surface area contributed by atoms with Gasteiger partial charge in [0.15, 0.2) is 0 Å². The number of nitrogens with zero attached hydrogens (tertiary/aromatic N) is 2. The van der Waals surface area contributed by atoms with Crippen LogP contribution in [0.25, 0.3) is 11.1 Å². The molecule has 0 saturated heterocycles. The van der Waals surface area contributed by atoms with Crippen molar-refractivity contribution in [1.82, 2.24) is 20.4 Å². The second-order valence-electron chi connectivity index (χ2n) is 7.92. The quantitative estimate of drug-likeness (QED) is 0.511. The molecule has 3 N–H and O–H groups in total. The first kappa shape index (κ1) is 22.1. The van der Waals surface area contributed by atoms with Crippen LogP contribution in [0.3, 0.4) is 0 Å². The molecule has 2 aromatic carbocycles. The number of aliphatic carboxylic acids is 1. The number of rotatable bonds is 7. The topological polar surface area (TPSA) is 123 Å². The van der Waals surface area contributed by atoms with Gasteiger partial charge in [0.05, 0.1) is 6.20 Å². The van der Waals surface area contributed by atoms with Crippen molar-refractivity contribution < 1.29 is 24.2 Å². The lowest BCUT2D eigenvalue weighted by molar-refractivity contribution is -0.141. The number of hydrogen-bond donors (Lipinski definition) is 3. The van der Waals surface area contributed by atoms with Gasteiger partial charge in [-0.25, -0.2) is 4.79 Å². The maximum atomic E-state index is 12.7. The SMILES string of the molecule is C[C@H](NC(=O)C(NC(=O)OCC1c2ccccc2-c2ccccc21)c1cnn(C)c1)C(=O)O. The molecule has 0 aliphatic heterocycles. The Morgan fingerprint density at radius 2 is 1.67 bits per heavy atom. The summed E-state index contributed by atoms with van der Waals surface area (Å²) in [5.41, 5.74) is 4.77. The first-order valence-electron chi connectivity index (χ1n) is 10.5. The number of alkyl carbamates (subject to hydrolysis) is 1. The van der Waals surface area contributed by atoms with E-state index in [1.807, 2.05) is 48.5 Å². The predicted octanol–water partition coefficient (Wildman–Crippen LogP) is 2.59. The smallest absolute Gasteiger partial charge is 0.408 e. The zero-order valence-corrected chi connectivity index (χ0v) is 18.2. The Balaban J connectivity index is 1.48. The molecule has 0 saturated carbocycles. The minimum absolute atomic E-state index is 0.0900. The van der Waals surface area contributed by atoms with Crippen LogP contribution in [0.5, 0.6) is 0 Å². The number of nitrogens with one attached hydrogen (secondary N) is 2. The monoisotopic (exact) mass is 448 g/mol. The Kier molecular flexibility index (Phi) is 6.12. The largest absolute Gasteiger partial charge is 0.480 e. The Hall–Kier alpha value is -4.14. The number of aryl methyl sites for hydroxylation is 1. The third-order valence-electron chi connectivity index (χ3n) is 5.66. The van der Waals surface area contributed by atoms with E-state index in [0.29, 0.717) is 5.56 Å². The van der Waals surface area contributed by atoms with Crippen LogP contribution in [0.15, 0.2) is 60.9 Å². The Bertz CT molecular complexity index is 1160. The number of carboxylic acids is 1. The summed E-state index contributed by atoms with van der Waals surface area (Å²) >= 11 is 0. The van der Waals surface area contributed by atoms with Crippen LogP contribution in [-0.2, 0) is 21.4 Å². The molecule has 9 nitrogen and oxygen atoms in total. The van der Waals surface area contributed by atoms with Crippen molar-refractivity contribution in [2.45, 2.75) is 24.9 Å². The van der Waals surface area contributed by atoms with Gasteiger partial charge < -0.3 is 20.5 Å². The highest BCUT2D eigenvalue weighted by molar-refractivity contribution is 5.90. The third kappa shape index (κ3) is 4.57. The summed E-state index contributed by atoms with van der Waals surface area (Å²) < 4.78 is 7.01. The van der Waals surface area contributed by atoms with E-state index in [2.05, 4.69) is 15.7 Å². The number of aromatic nitrogens is 2. The molecule has 9 heteroatoms. The van der Waals surface area contributed by atoms with Gasteiger partial charge in [0.2, 0.25) is 5.91 Å². The van der Waals surface area contributed by atoms with Crippen molar-refractivity contribution in [1.29, 1.82) is 0 Å². The lowest BCUT2D eigenvalue weighted by atomic mass is 9.98. The summed E-state index contributed by atoms with van der Waals surface area (Å²) in [6.45, 7) is 1.43. The van der Waals surface area contributed by atoms with E-state index in [9.17, 15) is 14.4 Å². The Morgan fingerprint density at radius 3 is 2.21 bits per heavy atom. The number of fused-ring (bicyclic) bond motifs is 3. The van der Waals surface area contributed by atoms with E-state index in [-0.39, 0.29) is 12.5 Å². The van der Waals surface area contributed by atoms with Crippen molar-refractivity contribution in [3.8, 4) is 11.1 Å². The first-order chi connectivity index (χ1) is 15.8. The number of ether oxygens (including phenoxy) is 1. The molecule has 1 aromatic heterocycles. The number of carbonyl (C=O) groups is 3. The fourth-order valence-electron chi connectivity index (χ4n) is 4.01. The summed E-state index contributed by atoms with van der Waals surface area (Å²) in [7, 11) is 1.67. The molecule has 2 amide bonds. The summed E-state index contributed by atoms with van der Waals surface area (Å²) in [6.07, 6.45) is 2.21. The molecule has 0 spiro atoms. The van der Waals surface area contributed by atoms with Gasteiger partial charge >= 0.3 is 12.1 Å². The van der Waals surface area contributed by atoms with Crippen molar-refractivity contribution in [2.24, 2.45) is 7.05 Å². The van der Waals surface area contributed by atoms with Crippen LogP contribution < -0.4 is 10.6 Å². The fraction of sp³-hybridized carbons (Fsp3) is 0.250. The van der Waals surface area contributed by atoms with Gasteiger partial charge in [0, 0.05) is 24.7 Å². The summed E-state index contributed by atoms with van der Waals surface area (Å²) in [5.74, 6) is -1.98. The summed E-state index contributed by atoms with van der Waals surface area (Å²) in [6, 6.07) is 13.7. The highest BCUT2D eigenvalue weighted by Crippen LogP contribution is 2.44. The molecule has 2 atom stereocenters. The molecule has 3 aromatic rings. The number of carbonyl (C=O) groups excluding carboxylic acids is 2. The fourth-order valence-corrected chi connectivity index (χ4v) is 4.01. The van der Waals surface area contributed by atoms with E-state index in [4.69, 9.17) is 9.84 Å². The van der Waals surface area contributed by atoms with Crippen LogP contribution in [0.2, 0.25) is 0 Å².